The van der Waals surface area contributed by atoms with Crippen molar-refractivity contribution in [1.82, 2.24) is 9.38 Å². The molecule has 0 spiro atoms. The molecule has 4 nitrogen and oxygen atoms in total. The smallest absolute Gasteiger partial charge is 0.196 e. The molecule has 18 heavy (non-hydrogen) atoms. The number of thiazole rings is 1. The van der Waals surface area contributed by atoms with E-state index in [2.05, 4.69) is 4.98 Å². The van der Waals surface area contributed by atoms with E-state index < -0.39 is 0 Å². The van der Waals surface area contributed by atoms with Crippen molar-refractivity contribution in [3.8, 4) is 17.0 Å². The molecular weight excluding hydrogens is 253 g/mol. The highest BCUT2D eigenvalue weighted by molar-refractivity contribution is 7.15. The summed E-state index contributed by atoms with van der Waals surface area (Å²) in [5, 5.41) is 1.92. The summed E-state index contributed by atoms with van der Waals surface area (Å²) in [7, 11) is 1.44. The molecule has 2 aromatic heterocycles. The van der Waals surface area contributed by atoms with E-state index in [1.165, 1.54) is 24.5 Å². The summed E-state index contributed by atoms with van der Waals surface area (Å²) in [6.45, 7) is 0. The van der Waals surface area contributed by atoms with Gasteiger partial charge in [-0.25, -0.2) is 9.37 Å². The van der Waals surface area contributed by atoms with E-state index in [0.29, 0.717) is 5.82 Å². The SMILES string of the molecule is COc1ccc(-c2csc3nc(N)cn23)cc1F. The van der Waals surface area contributed by atoms with Gasteiger partial charge in [0.25, 0.3) is 0 Å². The van der Waals surface area contributed by atoms with Crippen LogP contribution in [0.2, 0.25) is 0 Å². The Morgan fingerprint density at radius 2 is 2.28 bits per heavy atom. The number of anilines is 1. The predicted octanol–water partition coefficient (Wildman–Crippen LogP) is 2.79. The average Bonchev–Trinajstić information content (AvgIpc) is 2.87. The Labute approximate surface area is 106 Å². The number of nitrogens with two attached hydrogens (primary N) is 1. The second kappa shape index (κ2) is 3.99. The van der Waals surface area contributed by atoms with Crippen molar-refractivity contribution >= 4 is 22.1 Å². The minimum atomic E-state index is -0.387. The fourth-order valence-electron chi connectivity index (χ4n) is 1.83. The number of methoxy groups -OCH3 is 1. The number of hydrogen-bond donors (Lipinski definition) is 1. The molecule has 1 aromatic carbocycles. The van der Waals surface area contributed by atoms with Gasteiger partial charge in [-0.3, -0.25) is 4.40 Å². The van der Waals surface area contributed by atoms with Gasteiger partial charge in [0.05, 0.1) is 19.0 Å². The van der Waals surface area contributed by atoms with Gasteiger partial charge in [-0.1, -0.05) is 0 Å². The molecule has 0 fully saturated rings. The number of hydrogen-bond acceptors (Lipinski definition) is 4. The zero-order valence-corrected chi connectivity index (χ0v) is 10.4. The Balaban J connectivity index is 2.16. The highest BCUT2D eigenvalue weighted by Crippen LogP contribution is 2.29. The van der Waals surface area contributed by atoms with Crippen LogP contribution in [0.3, 0.4) is 0 Å². The first-order chi connectivity index (χ1) is 8.69. The van der Waals surface area contributed by atoms with Gasteiger partial charge in [0.15, 0.2) is 16.5 Å². The number of nitrogens with zero attached hydrogens (tertiary/aromatic N) is 2. The third kappa shape index (κ3) is 1.62. The Bertz CT molecular complexity index is 719. The van der Waals surface area contributed by atoms with Gasteiger partial charge < -0.3 is 10.5 Å². The number of rotatable bonds is 2. The summed E-state index contributed by atoms with van der Waals surface area (Å²) in [5.41, 5.74) is 7.26. The molecule has 3 aromatic rings. The fourth-order valence-corrected chi connectivity index (χ4v) is 2.72. The average molecular weight is 263 g/mol. The maximum Gasteiger partial charge on any atom is 0.196 e. The van der Waals surface area contributed by atoms with E-state index in [0.717, 1.165) is 16.2 Å². The molecule has 0 aliphatic carbocycles. The Morgan fingerprint density at radius 3 is 3.00 bits per heavy atom. The summed E-state index contributed by atoms with van der Waals surface area (Å²) in [6, 6.07) is 4.85. The van der Waals surface area contributed by atoms with Crippen LogP contribution in [0.15, 0.2) is 29.8 Å². The molecule has 3 rings (SSSR count). The van der Waals surface area contributed by atoms with E-state index in [-0.39, 0.29) is 11.6 Å². The van der Waals surface area contributed by atoms with Gasteiger partial charge in [-0.05, 0) is 18.2 Å². The van der Waals surface area contributed by atoms with Crippen LogP contribution >= 0.6 is 11.3 Å². The third-order valence-corrected chi connectivity index (χ3v) is 3.52. The van der Waals surface area contributed by atoms with Crippen molar-refractivity contribution in [2.24, 2.45) is 0 Å². The lowest BCUT2D eigenvalue weighted by atomic mass is 10.1. The van der Waals surface area contributed by atoms with Gasteiger partial charge in [-0.2, -0.15) is 0 Å². The first-order valence-electron chi connectivity index (χ1n) is 5.25. The van der Waals surface area contributed by atoms with Crippen LogP contribution in [-0.4, -0.2) is 16.5 Å². The molecule has 0 aliphatic heterocycles. The van der Waals surface area contributed by atoms with Crippen LogP contribution in [-0.2, 0) is 0 Å². The number of nitrogen functional groups attached to an aromatic ring is 1. The van der Waals surface area contributed by atoms with Crippen LogP contribution in [0.5, 0.6) is 5.75 Å². The molecule has 0 unspecified atom stereocenters. The number of ether oxygens (including phenoxy) is 1. The van der Waals surface area contributed by atoms with E-state index in [1.54, 1.807) is 18.3 Å². The predicted molar refractivity (Wildman–Crippen MR) is 69.4 cm³/mol. The van der Waals surface area contributed by atoms with Crippen molar-refractivity contribution in [3.05, 3.63) is 35.6 Å². The summed E-state index contributed by atoms with van der Waals surface area (Å²) in [5.74, 6) is 0.301. The molecule has 0 saturated heterocycles. The lowest BCUT2D eigenvalue weighted by Crippen LogP contribution is -1.90. The molecule has 6 heteroatoms. The first kappa shape index (κ1) is 11.0. The normalized spacial score (nSPS) is 11.0. The van der Waals surface area contributed by atoms with Gasteiger partial charge in [-0.15, -0.1) is 11.3 Å². The zero-order chi connectivity index (χ0) is 12.7. The van der Waals surface area contributed by atoms with Crippen LogP contribution in [0.1, 0.15) is 0 Å². The minimum Gasteiger partial charge on any atom is -0.494 e. The third-order valence-electron chi connectivity index (χ3n) is 2.68. The van der Waals surface area contributed by atoms with Gasteiger partial charge >= 0.3 is 0 Å². The molecule has 0 radical (unpaired) electrons. The minimum absolute atomic E-state index is 0.232. The fraction of sp³-hybridized carbons (Fsp3) is 0.0833. The molecule has 0 amide bonds. The van der Waals surface area contributed by atoms with Gasteiger partial charge in [0.2, 0.25) is 0 Å². The monoisotopic (exact) mass is 263 g/mol. The zero-order valence-electron chi connectivity index (χ0n) is 9.55. The van der Waals surface area contributed by atoms with E-state index in [1.807, 2.05) is 9.78 Å². The van der Waals surface area contributed by atoms with Crippen molar-refractivity contribution < 1.29 is 9.13 Å². The van der Waals surface area contributed by atoms with Gasteiger partial charge in [0.1, 0.15) is 5.82 Å². The van der Waals surface area contributed by atoms with Crippen molar-refractivity contribution in [2.45, 2.75) is 0 Å². The van der Waals surface area contributed by atoms with Crippen molar-refractivity contribution in [1.29, 1.82) is 0 Å². The quantitative estimate of drug-likeness (QED) is 0.773. The topological polar surface area (TPSA) is 52.5 Å². The molecule has 0 aliphatic rings. The largest absolute Gasteiger partial charge is 0.494 e. The molecule has 0 saturated carbocycles. The summed E-state index contributed by atoms with van der Waals surface area (Å²) < 4.78 is 20.4. The Kier molecular flexibility index (Phi) is 2.45. The van der Waals surface area contributed by atoms with Crippen LogP contribution in [0, 0.1) is 5.82 Å². The standard InChI is InChI=1S/C12H10FN3OS/c1-17-10-3-2-7(4-8(10)13)9-6-18-12-15-11(14)5-16(9)12/h2-6H,14H2,1H3. The summed E-state index contributed by atoms with van der Waals surface area (Å²) in [6.07, 6.45) is 1.73. The van der Waals surface area contributed by atoms with Crippen molar-refractivity contribution in [2.75, 3.05) is 12.8 Å². The number of fused-ring (bicyclic) bond motifs is 1. The van der Waals surface area contributed by atoms with E-state index in [4.69, 9.17) is 10.5 Å². The Morgan fingerprint density at radius 1 is 1.44 bits per heavy atom. The lowest BCUT2D eigenvalue weighted by Gasteiger charge is -2.04. The highest BCUT2D eigenvalue weighted by atomic mass is 32.1. The Hall–Kier alpha value is -2.08. The van der Waals surface area contributed by atoms with Crippen LogP contribution in [0.4, 0.5) is 10.2 Å². The van der Waals surface area contributed by atoms with E-state index >= 15 is 0 Å². The number of halogens is 1. The second-order valence-corrected chi connectivity index (χ2v) is 4.63. The molecule has 2 N–H and O–H groups in total. The summed E-state index contributed by atoms with van der Waals surface area (Å²) in [4.78, 5) is 4.95. The second-order valence-electron chi connectivity index (χ2n) is 3.79. The maximum atomic E-state index is 13.7. The first-order valence-corrected chi connectivity index (χ1v) is 6.13. The van der Waals surface area contributed by atoms with Gasteiger partial charge in [0, 0.05) is 10.9 Å². The molecule has 0 bridgehead atoms. The highest BCUT2D eigenvalue weighted by Gasteiger charge is 2.11. The number of imidazole rings is 1. The number of aromatic nitrogens is 2. The van der Waals surface area contributed by atoms with Crippen LogP contribution < -0.4 is 10.5 Å². The van der Waals surface area contributed by atoms with E-state index in [9.17, 15) is 4.39 Å². The number of benzene rings is 1. The maximum absolute atomic E-state index is 13.7. The van der Waals surface area contributed by atoms with Crippen LogP contribution in [0.25, 0.3) is 16.2 Å². The molecular formula is C12H10FN3OS. The summed E-state index contributed by atoms with van der Waals surface area (Å²) >= 11 is 1.46. The molecule has 92 valence electrons. The molecule has 0 atom stereocenters. The molecule has 2 heterocycles. The lowest BCUT2D eigenvalue weighted by molar-refractivity contribution is 0.386. The van der Waals surface area contributed by atoms with Crippen molar-refractivity contribution in [3.63, 3.8) is 0 Å².